The van der Waals surface area contributed by atoms with Crippen molar-refractivity contribution in [3.8, 4) is 0 Å². The smallest absolute Gasteiger partial charge is 0.228 e. The molecule has 0 radical (unpaired) electrons. The second-order valence-electron chi connectivity index (χ2n) is 8.05. The summed E-state index contributed by atoms with van der Waals surface area (Å²) in [6, 6.07) is 15.9. The number of likely N-dealkylation sites (tertiary alicyclic amines) is 1. The van der Waals surface area contributed by atoms with Crippen molar-refractivity contribution in [1.29, 1.82) is 0 Å². The third-order valence-electron chi connectivity index (χ3n) is 5.54. The number of imidazole rings is 1. The lowest BCUT2D eigenvalue weighted by Gasteiger charge is -2.32. The van der Waals surface area contributed by atoms with Crippen LogP contribution in [0.25, 0.3) is 11.0 Å². The van der Waals surface area contributed by atoms with Gasteiger partial charge >= 0.3 is 0 Å². The highest BCUT2D eigenvalue weighted by molar-refractivity contribution is 6.30. The zero-order valence-corrected chi connectivity index (χ0v) is 17.7. The first kappa shape index (κ1) is 19.9. The lowest BCUT2D eigenvalue weighted by atomic mass is 9.97. The third-order valence-corrected chi connectivity index (χ3v) is 5.79. The van der Waals surface area contributed by atoms with E-state index in [4.69, 9.17) is 16.6 Å². The number of hydrogen-bond donors (Lipinski definition) is 1. The average Bonchev–Trinajstić information content (AvgIpc) is 3.08. The molecular weight excluding hydrogens is 384 g/mol. The molecule has 1 fully saturated rings. The number of carbonyl (C=O) groups is 1. The number of carbonyl (C=O) groups excluding carboxylic acids is 1. The van der Waals surface area contributed by atoms with Crippen LogP contribution in [0.5, 0.6) is 0 Å². The van der Waals surface area contributed by atoms with Crippen molar-refractivity contribution in [3.63, 3.8) is 0 Å². The van der Waals surface area contributed by atoms with Crippen LogP contribution >= 0.6 is 11.6 Å². The monoisotopic (exact) mass is 410 g/mol. The standard InChI is InChI=1S/C23H27ClN4O/c1-16(2)28-21-8-4-3-7-20(21)26-22(28)15-27-13-5-6-17(14-27)23(29)25-19-11-9-18(24)10-12-19/h3-4,7-12,16-17H,5-6,13-15H2,1-2H3,(H,25,29)/t17-/m0/s1. The summed E-state index contributed by atoms with van der Waals surface area (Å²) in [5.41, 5.74) is 3.00. The van der Waals surface area contributed by atoms with Crippen LogP contribution in [-0.2, 0) is 11.3 Å². The van der Waals surface area contributed by atoms with Crippen LogP contribution in [0, 0.1) is 5.92 Å². The molecule has 0 aliphatic carbocycles. The number of anilines is 1. The number of aromatic nitrogens is 2. The third kappa shape index (κ3) is 4.46. The molecule has 0 unspecified atom stereocenters. The number of para-hydroxylation sites is 2. The highest BCUT2D eigenvalue weighted by Crippen LogP contribution is 2.25. The number of halogens is 1. The first-order valence-electron chi connectivity index (χ1n) is 10.3. The lowest BCUT2D eigenvalue weighted by molar-refractivity contribution is -0.121. The molecule has 1 atom stereocenters. The van der Waals surface area contributed by atoms with Gasteiger partial charge in [0.2, 0.25) is 5.91 Å². The van der Waals surface area contributed by atoms with E-state index in [0.29, 0.717) is 11.1 Å². The van der Waals surface area contributed by atoms with Crippen LogP contribution in [0.15, 0.2) is 48.5 Å². The van der Waals surface area contributed by atoms with Crippen molar-refractivity contribution in [3.05, 3.63) is 59.4 Å². The molecular formula is C23H27ClN4O. The van der Waals surface area contributed by atoms with E-state index in [0.717, 1.165) is 49.5 Å². The summed E-state index contributed by atoms with van der Waals surface area (Å²) in [5.74, 6) is 1.13. The SMILES string of the molecule is CC(C)n1c(CN2CCC[C@H](C(=O)Nc3ccc(Cl)cc3)C2)nc2ccccc21. The second-order valence-corrected chi connectivity index (χ2v) is 8.49. The molecule has 1 aliphatic heterocycles. The van der Waals surface area contributed by atoms with E-state index in [1.807, 2.05) is 18.2 Å². The first-order chi connectivity index (χ1) is 14.0. The van der Waals surface area contributed by atoms with Gasteiger partial charge in [-0.3, -0.25) is 9.69 Å². The molecule has 0 saturated carbocycles. The maximum Gasteiger partial charge on any atom is 0.228 e. The number of piperidine rings is 1. The number of benzene rings is 2. The van der Waals surface area contributed by atoms with Crippen LogP contribution in [0.1, 0.15) is 38.6 Å². The van der Waals surface area contributed by atoms with Crippen LogP contribution < -0.4 is 5.32 Å². The topological polar surface area (TPSA) is 50.2 Å². The van der Waals surface area contributed by atoms with Gasteiger partial charge in [0.1, 0.15) is 5.82 Å². The molecule has 2 aromatic carbocycles. The van der Waals surface area contributed by atoms with Gasteiger partial charge < -0.3 is 9.88 Å². The predicted octanol–water partition coefficient (Wildman–Crippen LogP) is 5.12. The molecule has 152 valence electrons. The number of nitrogens with one attached hydrogen (secondary N) is 1. The maximum atomic E-state index is 12.8. The molecule has 0 bridgehead atoms. The molecule has 1 N–H and O–H groups in total. The van der Waals surface area contributed by atoms with Crippen LogP contribution in [0.3, 0.4) is 0 Å². The van der Waals surface area contributed by atoms with Gasteiger partial charge in [-0.05, 0) is 69.6 Å². The molecule has 6 heteroatoms. The first-order valence-corrected chi connectivity index (χ1v) is 10.6. The fourth-order valence-corrected chi connectivity index (χ4v) is 4.30. The molecule has 0 spiro atoms. The average molecular weight is 411 g/mol. The summed E-state index contributed by atoms with van der Waals surface area (Å²) in [5, 5.41) is 3.70. The molecule has 2 heterocycles. The fraction of sp³-hybridized carbons (Fsp3) is 0.391. The zero-order valence-electron chi connectivity index (χ0n) is 16.9. The summed E-state index contributed by atoms with van der Waals surface area (Å²) < 4.78 is 2.31. The quantitative estimate of drug-likeness (QED) is 0.635. The summed E-state index contributed by atoms with van der Waals surface area (Å²) in [6.07, 6.45) is 1.93. The van der Waals surface area contributed by atoms with Gasteiger partial charge in [0.15, 0.2) is 0 Å². The molecule has 1 amide bonds. The van der Waals surface area contributed by atoms with E-state index in [2.05, 4.69) is 46.8 Å². The normalized spacial score (nSPS) is 17.7. The molecule has 1 saturated heterocycles. The number of fused-ring (bicyclic) bond motifs is 1. The Morgan fingerprint density at radius 2 is 1.97 bits per heavy atom. The highest BCUT2D eigenvalue weighted by Gasteiger charge is 2.27. The van der Waals surface area contributed by atoms with E-state index in [9.17, 15) is 4.79 Å². The number of rotatable bonds is 5. The van der Waals surface area contributed by atoms with Crippen LogP contribution in [-0.4, -0.2) is 33.4 Å². The van der Waals surface area contributed by atoms with Gasteiger partial charge in [-0.25, -0.2) is 4.98 Å². The van der Waals surface area contributed by atoms with Crippen molar-refractivity contribution < 1.29 is 4.79 Å². The molecule has 1 aromatic heterocycles. The number of amides is 1. The van der Waals surface area contributed by atoms with E-state index in [1.165, 1.54) is 5.52 Å². The summed E-state index contributed by atoms with van der Waals surface area (Å²) in [6.45, 7) is 6.89. The maximum absolute atomic E-state index is 12.8. The van der Waals surface area contributed by atoms with Gasteiger partial charge in [-0.15, -0.1) is 0 Å². The van der Waals surface area contributed by atoms with Gasteiger partial charge in [-0.2, -0.15) is 0 Å². The largest absolute Gasteiger partial charge is 0.326 e. The molecule has 1 aliphatic rings. The molecule has 5 nitrogen and oxygen atoms in total. The van der Waals surface area contributed by atoms with Crippen molar-refractivity contribution in [1.82, 2.24) is 14.5 Å². The Balaban J connectivity index is 1.46. The predicted molar refractivity (Wildman–Crippen MR) is 118 cm³/mol. The minimum atomic E-state index is -0.0173. The second kappa shape index (κ2) is 8.56. The van der Waals surface area contributed by atoms with Crippen LogP contribution in [0.2, 0.25) is 5.02 Å². The lowest BCUT2D eigenvalue weighted by Crippen LogP contribution is -2.40. The Morgan fingerprint density at radius 3 is 2.72 bits per heavy atom. The minimum Gasteiger partial charge on any atom is -0.326 e. The zero-order chi connectivity index (χ0) is 20.4. The molecule has 4 rings (SSSR count). The minimum absolute atomic E-state index is 0.0173. The van der Waals surface area contributed by atoms with E-state index >= 15 is 0 Å². The number of hydrogen-bond acceptors (Lipinski definition) is 3. The van der Waals surface area contributed by atoms with Gasteiger partial charge in [0, 0.05) is 23.3 Å². The Kier molecular flexibility index (Phi) is 5.88. The highest BCUT2D eigenvalue weighted by atomic mass is 35.5. The Labute approximate surface area is 176 Å². The Hall–Kier alpha value is -2.37. The molecule has 29 heavy (non-hydrogen) atoms. The van der Waals surface area contributed by atoms with Crippen molar-refractivity contribution in [2.75, 3.05) is 18.4 Å². The summed E-state index contributed by atoms with van der Waals surface area (Å²) in [4.78, 5) is 20.0. The van der Waals surface area contributed by atoms with E-state index < -0.39 is 0 Å². The summed E-state index contributed by atoms with van der Waals surface area (Å²) >= 11 is 5.93. The van der Waals surface area contributed by atoms with Crippen molar-refractivity contribution in [2.45, 2.75) is 39.3 Å². The van der Waals surface area contributed by atoms with Gasteiger partial charge in [-0.1, -0.05) is 23.7 Å². The van der Waals surface area contributed by atoms with E-state index in [1.54, 1.807) is 12.1 Å². The van der Waals surface area contributed by atoms with Gasteiger partial charge in [0.05, 0.1) is 23.5 Å². The fourth-order valence-electron chi connectivity index (χ4n) is 4.17. The van der Waals surface area contributed by atoms with Crippen molar-refractivity contribution >= 4 is 34.2 Å². The van der Waals surface area contributed by atoms with E-state index in [-0.39, 0.29) is 11.8 Å². The van der Waals surface area contributed by atoms with Crippen molar-refractivity contribution in [2.24, 2.45) is 5.92 Å². The Morgan fingerprint density at radius 1 is 1.21 bits per heavy atom. The molecule has 3 aromatic rings. The summed E-state index contributed by atoms with van der Waals surface area (Å²) in [7, 11) is 0. The van der Waals surface area contributed by atoms with Gasteiger partial charge in [0.25, 0.3) is 0 Å². The number of nitrogens with zero attached hydrogens (tertiary/aromatic N) is 3. The Bertz CT molecular complexity index is 996. The van der Waals surface area contributed by atoms with Crippen LogP contribution in [0.4, 0.5) is 5.69 Å².